The zero-order chi connectivity index (χ0) is 13.5. The smallest absolute Gasteiger partial charge is 0.338 e. The van der Waals surface area contributed by atoms with Gasteiger partial charge in [-0.2, -0.15) is 5.26 Å². The molecule has 0 aliphatic carbocycles. The summed E-state index contributed by atoms with van der Waals surface area (Å²) >= 11 is 0. The van der Waals surface area contributed by atoms with E-state index in [9.17, 15) is 4.79 Å². The highest BCUT2D eigenvalue weighted by Crippen LogP contribution is 2.09. The minimum absolute atomic E-state index is 0.252. The van der Waals surface area contributed by atoms with Gasteiger partial charge in [-0.05, 0) is 23.3 Å². The average molecular weight is 251 g/mol. The summed E-state index contributed by atoms with van der Waals surface area (Å²) in [6.45, 7) is 0.252. The van der Waals surface area contributed by atoms with E-state index in [0.717, 1.165) is 11.1 Å². The van der Waals surface area contributed by atoms with Crippen LogP contribution in [0.4, 0.5) is 0 Å². The number of benzene rings is 2. The number of esters is 1. The van der Waals surface area contributed by atoms with Crippen LogP contribution in [0.3, 0.4) is 0 Å². The Kier molecular flexibility index (Phi) is 4.30. The van der Waals surface area contributed by atoms with Crippen molar-refractivity contribution in [3.63, 3.8) is 0 Å². The molecule has 94 valence electrons. The Hall–Kier alpha value is -2.60. The van der Waals surface area contributed by atoms with Crippen molar-refractivity contribution in [1.82, 2.24) is 0 Å². The molecule has 2 aromatic carbocycles. The number of ether oxygens (including phenoxy) is 1. The third kappa shape index (κ3) is 3.68. The van der Waals surface area contributed by atoms with Crippen LogP contribution in [0.5, 0.6) is 0 Å². The van der Waals surface area contributed by atoms with Gasteiger partial charge in [-0.1, -0.05) is 42.5 Å². The number of hydrogen-bond acceptors (Lipinski definition) is 3. The van der Waals surface area contributed by atoms with Crippen LogP contribution in [0.15, 0.2) is 54.6 Å². The Bertz CT molecular complexity index is 600. The van der Waals surface area contributed by atoms with Crippen molar-refractivity contribution < 1.29 is 9.53 Å². The summed E-state index contributed by atoms with van der Waals surface area (Å²) in [6.07, 6.45) is 0.291. The number of carbonyl (C=O) groups is 1. The second kappa shape index (κ2) is 6.36. The molecule has 0 fully saturated rings. The molecule has 0 aliphatic rings. The first kappa shape index (κ1) is 12.8. The molecule has 3 nitrogen and oxygen atoms in total. The molecule has 0 saturated carbocycles. The Morgan fingerprint density at radius 2 is 1.79 bits per heavy atom. The minimum Gasteiger partial charge on any atom is -0.457 e. The lowest BCUT2D eigenvalue weighted by molar-refractivity contribution is 0.0472. The summed E-state index contributed by atoms with van der Waals surface area (Å²) < 4.78 is 5.23. The molecule has 0 unspecified atom stereocenters. The van der Waals surface area contributed by atoms with E-state index in [2.05, 4.69) is 6.07 Å². The maximum Gasteiger partial charge on any atom is 0.338 e. The molecule has 19 heavy (non-hydrogen) atoms. The van der Waals surface area contributed by atoms with Gasteiger partial charge in [0.1, 0.15) is 6.61 Å². The molecule has 0 heterocycles. The van der Waals surface area contributed by atoms with Gasteiger partial charge in [0, 0.05) is 0 Å². The van der Waals surface area contributed by atoms with Crippen molar-refractivity contribution in [1.29, 1.82) is 5.26 Å². The van der Waals surface area contributed by atoms with Crippen LogP contribution in [0.2, 0.25) is 0 Å². The number of rotatable bonds is 4. The maximum absolute atomic E-state index is 11.9. The standard InChI is InChI=1S/C16H13NO2/c17-10-9-13-7-4-8-15(11-13)16(18)19-12-14-5-2-1-3-6-14/h1-8,11H,9,12H2. The first-order chi connectivity index (χ1) is 9.29. The Morgan fingerprint density at radius 3 is 2.53 bits per heavy atom. The number of carbonyl (C=O) groups excluding carboxylic acids is 1. The SMILES string of the molecule is N#CCc1cccc(C(=O)OCc2ccccc2)c1. The van der Waals surface area contributed by atoms with Crippen LogP contribution >= 0.6 is 0 Å². The first-order valence-electron chi connectivity index (χ1n) is 5.96. The second-order valence-electron chi connectivity index (χ2n) is 4.10. The topological polar surface area (TPSA) is 50.1 Å². The lowest BCUT2D eigenvalue weighted by atomic mass is 10.1. The summed E-state index contributed by atoms with van der Waals surface area (Å²) in [5.74, 6) is -0.372. The predicted molar refractivity (Wildman–Crippen MR) is 71.3 cm³/mol. The maximum atomic E-state index is 11.9. The van der Waals surface area contributed by atoms with E-state index in [1.54, 1.807) is 18.2 Å². The monoisotopic (exact) mass is 251 g/mol. The number of nitrogens with zero attached hydrogens (tertiary/aromatic N) is 1. The van der Waals surface area contributed by atoms with Crippen LogP contribution in [0.25, 0.3) is 0 Å². The quantitative estimate of drug-likeness (QED) is 0.784. The fourth-order valence-corrected chi connectivity index (χ4v) is 1.71. The normalized spacial score (nSPS) is 9.63. The van der Waals surface area contributed by atoms with E-state index >= 15 is 0 Å². The van der Waals surface area contributed by atoms with E-state index in [4.69, 9.17) is 10.00 Å². The van der Waals surface area contributed by atoms with E-state index in [0.29, 0.717) is 12.0 Å². The number of hydrogen-bond donors (Lipinski definition) is 0. The Morgan fingerprint density at radius 1 is 1.05 bits per heavy atom. The van der Waals surface area contributed by atoms with Crippen LogP contribution in [-0.2, 0) is 17.8 Å². The van der Waals surface area contributed by atoms with Crippen molar-refractivity contribution >= 4 is 5.97 Å². The van der Waals surface area contributed by atoms with E-state index in [-0.39, 0.29) is 12.6 Å². The summed E-state index contributed by atoms with van der Waals surface area (Å²) in [6, 6.07) is 18.5. The zero-order valence-corrected chi connectivity index (χ0v) is 10.4. The Balaban J connectivity index is 2.00. The summed E-state index contributed by atoms with van der Waals surface area (Å²) in [7, 11) is 0. The van der Waals surface area contributed by atoms with Gasteiger partial charge in [0.25, 0.3) is 0 Å². The third-order valence-electron chi connectivity index (χ3n) is 2.66. The van der Waals surface area contributed by atoms with Gasteiger partial charge >= 0.3 is 5.97 Å². The molecule has 3 heteroatoms. The van der Waals surface area contributed by atoms with Crippen molar-refractivity contribution in [2.75, 3.05) is 0 Å². The fraction of sp³-hybridized carbons (Fsp3) is 0.125. The van der Waals surface area contributed by atoms with Gasteiger partial charge in [-0.3, -0.25) is 0 Å². The molecule has 2 aromatic rings. The van der Waals surface area contributed by atoms with Crippen molar-refractivity contribution in [2.45, 2.75) is 13.0 Å². The summed E-state index contributed by atoms with van der Waals surface area (Å²) in [5.41, 5.74) is 2.24. The van der Waals surface area contributed by atoms with Crippen molar-refractivity contribution in [3.05, 3.63) is 71.3 Å². The van der Waals surface area contributed by atoms with Crippen LogP contribution < -0.4 is 0 Å². The molecule has 0 bridgehead atoms. The van der Waals surface area contributed by atoms with Crippen molar-refractivity contribution in [3.8, 4) is 6.07 Å². The largest absolute Gasteiger partial charge is 0.457 e. The van der Waals surface area contributed by atoms with Gasteiger partial charge in [-0.15, -0.1) is 0 Å². The van der Waals surface area contributed by atoms with Gasteiger partial charge in [0.15, 0.2) is 0 Å². The molecule has 0 aromatic heterocycles. The van der Waals surface area contributed by atoms with Crippen LogP contribution in [-0.4, -0.2) is 5.97 Å². The lowest BCUT2D eigenvalue weighted by Gasteiger charge is -2.05. The molecule has 0 spiro atoms. The Labute approximate surface area is 112 Å². The highest BCUT2D eigenvalue weighted by molar-refractivity contribution is 5.89. The van der Waals surface area contributed by atoms with Gasteiger partial charge < -0.3 is 4.74 Å². The highest BCUT2D eigenvalue weighted by atomic mass is 16.5. The molecular weight excluding hydrogens is 238 g/mol. The van der Waals surface area contributed by atoms with Gasteiger partial charge in [-0.25, -0.2) is 4.79 Å². The molecule has 0 aliphatic heterocycles. The molecule has 0 amide bonds. The van der Waals surface area contributed by atoms with Crippen LogP contribution in [0, 0.1) is 11.3 Å². The third-order valence-corrected chi connectivity index (χ3v) is 2.66. The van der Waals surface area contributed by atoms with Crippen molar-refractivity contribution in [2.24, 2.45) is 0 Å². The minimum atomic E-state index is -0.372. The van der Waals surface area contributed by atoms with E-state index < -0.39 is 0 Å². The molecule has 0 atom stereocenters. The second-order valence-corrected chi connectivity index (χ2v) is 4.10. The average Bonchev–Trinajstić information content (AvgIpc) is 2.46. The highest BCUT2D eigenvalue weighted by Gasteiger charge is 2.07. The zero-order valence-electron chi connectivity index (χ0n) is 10.4. The fourth-order valence-electron chi connectivity index (χ4n) is 1.71. The molecule has 0 N–H and O–H groups in total. The number of nitriles is 1. The molecule has 2 rings (SSSR count). The first-order valence-corrected chi connectivity index (χ1v) is 5.96. The molecule has 0 radical (unpaired) electrons. The molecule has 0 saturated heterocycles. The summed E-state index contributed by atoms with van der Waals surface area (Å²) in [4.78, 5) is 11.9. The predicted octanol–water partition coefficient (Wildman–Crippen LogP) is 3.11. The summed E-state index contributed by atoms with van der Waals surface area (Å²) in [5, 5.41) is 8.64. The van der Waals surface area contributed by atoms with E-state index in [1.165, 1.54) is 0 Å². The van der Waals surface area contributed by atoms with Gasteiger partial charge in [0.2, 0.25) is 0 Å². The lowest BCUT2D eigenvalue weighted by Crippen LogP contribution is -2.05. The van der Waals surface area contributed by atoms with Crippen LogP contribution in [0.1, 0.15) is 21.5 Å². The molecular formula is C16H13NO2. The van der Waals surface area contributed by atoms with Gasteiger partial charge in [0.05, 0.1) is 18.1 Å². The van der Waals surface area contributed by atoms with E-state index in [1.807, 2.05) is 36.4 Å².